The maximum absolute atomic E-state index is 12.1. The molecule has 5 nitrogen and oxygen atoms in total. The smallest absolute Gasteiger partial charge is 0.239 e. The van der Waals surface area contributed by atoms with Gasteiger partial charge in [-0.1, -0.05) is 13.3 Å². The maximum Gasteiger partial charge on any atom is 0.239 e. The van der Waals surface area contributed by atoms with E-state index in [-0.39, 0.29) is 11.9 Å². The van der Waals surface area contributed by atoms with Crippen LogP contribution >= 0.6 is 0 Å². The van der Waals surface area contributed by atoms with Gasteiger partial charge in [0.1, 0.15) is 0 Å². The van der Waals surface area contributed by atoms with Crippen molar-refractivity contribution in [2.75, 3.05) is 34.0 Å². The topological polar surface area (TPSA) is 64.8 Å². The Morgan fingerprint density at radius 1 is 1.35 bits per heavy atom. The Hall–Kier alpha value is -0.650. The summed E-state index contributed by atoms with van der Waals surface area (Å²) < 4.78 is 10.1. The first kappa shape index (κ1) is 16.4. The monoisotopic (exact) mass is 246 g/mol. The highest BCUT2D eigenvalue weighted by molar-refractivity contribution is 5.81. The van der Waals surface area contributed by atoms with Crippen molar-refractivity contribution >= 4 is 5.91 Å². The fourth-order valence-electron chi connectivity index (χ4n) is 1.72. The summed E-state index contributed by atoms with van der Waals surface area (Å²) in [6, 6.07) is -0.401. The summed E-state index contributed by atoms with van der Waals surface area (Å²) in [6.07, 6.45) is 1.62. The molecule has 0 aliphatic carbocycles. The SMILES string of the molecule is CCC[C@@H](N)C(=O)N(CCOC)C(C)COC. The van der Waals surface area contributed by atoms with Gasteiger partial charge in [0.05, 0.1) is 25.3 Å². The molecular formula is C12H26N2O3. The lowest BCUT2D eigenvalue weighted by molar-refractivity contribution is -0.136. The number of methoxy groups -OCH3 is 2. The molecule has 102 valence electrons. The van der Waals surface area contributed by atoms with Crippen molar-refractivity contribution < 1.29 is 14.3 Å². The summed E-state index contributed by atoms with van der Waals surface area (Å²) in [5, 5.41) is 0. The lowest BCUT2D eigenvalue weighted by Crippen LogP contribution is -2.50. The Labute approximate surface area is 104 Å². The van der Waals surface area contributed by atoms with Crippen molar-refractivity contribution in [2.24, 2.45) is 5.73 Å². The van der Waals surface area contributed by atoms with Gasteiger partial charge in [-0.25, -0.2) is 0 Å². The van der Waals surface area contributed by atoms with E-state index in [0.29, 0.717) is 26.2 Å². The molecule has 0 aromatic heterocycles. The molecule has 0 saturated carbocycles. The van der Waals surface area contributed by atoms with E-state index < -0.39 is 6.04 Å². The number of carbonyl (C=O) groups is 1. The zero-order chi connectivity index (χ0) is 13.3. The lowest BCUT2D eigenvalue weighted by Gasteiger charge is -2.30. The summed E-state index contributed by atoms with van der Waals surface area (Å²) in [5.41, 5.74) is 5.86. The third kappa shape index (κ3) is 6.00. The molecule has 5 heteroatoms. The summed E-state index contributed by atoms with van der Waals surface area (Å²) in [7, 11) is 3.25. The highest BCUT2D eigenvalue weighted by atomic mass is 16.5. The second-order valence-corrected chi connectivity index (χ2v) is 4.22. The molecule has 0 heterocycles. The average molecular weight is 246 g/mol. The highest BCUT2D eigenvalue weighted by Crippen LogP contribution is 2.05. The number of amides is 1. The number of nitrogens with two attached hydrogens (primary N) is 1. The van der Waals surface area contributed by atoms with Gasteiger partial charge >= 0.3 is 0 Å². The number of nitrogens with zero attached hydrogens (tertiary/aromatic N) is 1. The van der Waals surface area contributed by atoms with Crippen molar-refractivity contribution in [1.82, 2.24) is 4.90 Å². The van der Waals surface area contributed by atoms with Crippen LogP contribution in [0.5, 0.6) is 0 Å². The molecule has 0 spiro atoms. The summed E-state index contributed by atoms with van der Waals surface area (Å²) >= 11 is 0. The van der Waals surface area contributed by atoms with Crippen LogP contribution in [0.25, 0.3) is 0 Å². The molecule has 0 aromatic rings. The van der Waals surface area contributed by atoms with Crippen LogP contribution in [-0.4, -0.2) is 56.9 Å². The largest absolute Gasteiger partial charge is 0.383 e. The average Bonchev–Trinajstić information content (AvgIpc) is 2.30. The Bertz CT molecular complexity index is 212. The zero-order valence-corrected chi connectivity index (χ0v) is 11.4. The minimum absolute atomic E-state index is 0.0190. The minimum Gasteiger partial charge on any atom is -0.383 e. The quantitative estimate of drug-likeness (QED) is 0.648. The predicted molar refractivity (Wildman–Crippen MR) is 67.8 cm³/mol. The second kappa shape index (κ2) is 9.39. The molecule has 1 unspecified atom stereocenters. The van der Waals surface area contributed by atoms with Crippen molar-refractivity contribution in [3.63, 3.8) is 0 Å². The molecule has 0 saturated heterocycles. The van der Waals surface area contributed by atoms with E-state index in [1.54, 1.807) is 19.1 Å². The van der Waals surface area contributed by atoms with E-state index in [4.69, 9.17) is 15.2 Å². The number of hydrogen-bond donors (Lipinski definition) is 1. The number of carbonyl (C=O) groups excluding carboxylic acids is 1. The molecular weight excluding hydrogens is 220 g/mol. The van der Waals surface area contributed by atoms with E-state index in [0.717, 1.165) is 6.42 Å². The first-order valence-electron chi connectivity index (χ1n) is 6.12. The predicted octanol–water partition coefficient (Wildman–Crippen LogP) is 0.624. The maximum atomic E-state index is 12.1. The fraction of sp³-hybridized carbons (Fsp3) is 0.917. The number of hydrogen-bond acceptors (Lipinski definition) is 4. The van der Waals surface area contributed by atoms with Gasteiger partial charge < -0.3 is 20.1 Å². The third-order valence-electron chi connectivity index (χ3n) is 2.68. The van der Waals surface area contributed by atoms with Crippen LogP contribution in [0, 0.1) is 0 Å². The van der Waals surface area contributed by atoms with E-state index in [9.17, 15) is 4.79 Å². The van der Waals surface area contributed by atoms with Gasteiger partial charge in [-0.3, -0.25) is 4.79 Å². The van der Waals surface area contributed by atoms with Gasteiger partial charge in [-0.2, -0.15) is 0 Å². The molecule has 17 heavy (non-hydrogen) atoms. The fourth-order valence-corrected chi connectivity index (χ4v) is 1.72. The standard InChI is InChI=1S/C12H26N2O3/c1-5-6-11(13)12(15)14(7-8-16-3)10(2)9-17-4/h10-11H,5-9,13H2,1-4H3/t10?,11-/m1/s1. The van der Waals surface area contributed by atoms with E-state index in [1.165, 1.54) is 0 Å². The van der Waals surface area contributed by atoms with Crippen LogP contribution in [0.15, 0.2) is 0 Å². The van der Waals surface area contributed by atoms with Crippen molar-refractivity contribution in [2.45, 2.75) is 38.8 Å². The van der Waals surface area contributed by atoms with Crippen LogP contribution in [0.4, 0.5) is 0 Å². The van der Waals surface area contributed by atoms with Gasteiger partial charge in [0.2, 0.25) is 5.91 Å². The van der Waals surface area contributed by atoms with E-state index in [2.05, 4.69) is 0 Å². The van der Waals surface area contributed by atoms with Crippen molar-refractivity contribution in [1.29, 1.82) is 0 Å². The van der Waals surface area contributed by atoms with Gasteiger partial charge in [-0.05, 0) is 13.3 Å². The summed E-state index contributed by atoms with van der Waals surface area (Å²) in [4.78, 5) is 13.9. The Morgan fingerprint density at radius 3 is 2.47 bits per heavy atom. The minimum atomic E-state index is -0.420. The first-order valence-corrected chi connectivity index (χ1v) is 6.12. The number of rotatable bonds is 9. The summed E-state index contributed by atoms with van der Waals surface area (Å²) in [5.74, 6) is -0.0200. The van der Waals surface area contributed by atoms with Crippen LogP contribution in [-0.2, 0) is 14.3 Å². The Morgan fingerprint density at radius 2 is 2.00 bits per heavy atom. The van der Waals surface area contributed by atoms with Gasteiger partial charge in [-0.15, -0.1) is 0 Å². The van der Waals surface area contributed by atoms with Crippen LogP contribution in [0.2, 0.25) is 0 Å². The van der Waals surface area contributed by atoms with E-state index in [1.807, 2.05) is 13.8 Å². The van der Waals surface area contributed by atoms with Gasteiger partial charge in [0.15, 0.2) is 0 Å². The van der Waals surface area contributed by atoms with Gasteiger partial charge in [0, 0.05) is 20.8 Å². The third-order valence-corrected chi connectivity index (χ3v) is 2.68. The van der Waals surface area contributed by atoms with Crippen LogP contribution in [0.3, 0.4) is 0 Å². The molecule has 2 N–H and O–H groups in total. The Kier molecular flexibility index (Phi) is 9.03. The zero-order valence-electron chi connectivity index (χ0n) is 11.4. The molecule has 0 rings (SSSR count). The molecule has 2 atom stereocenters. The van der Waals surface area contributed by atoms with Crippen molar-refractivity contribution in [3.8, 4) is 0 Å². The van der Waals surface area contributed by atoms with E-state index >= 15 is 0 Å². The molecule has 0 bridgehead atoms. The first-order chi connectivity index (χ1) is 8.08. The van der Waals surface area contributed by atoms with Crippen LogP contribution < -0.4 is 5.73 Å². The molecule has 0 aromatic carbocycles. The Balaban J connectivity index is 4.48. The molecule has 0 fully saturated rings. The van der Waals surface area contributed by atoms with Crippen molar-refractivity contribution in [3.05, 3.63) is 0 Å². The second-order valence-electron chi connectivity index (χ2n) is 4.22. The lowest BCUT2D eigenvalue weighted by atomic mass is 10.1. The normalized spacial score (nSPS) is 14.4. The highest BCUT2D eigenvalue weighted by Gasteiger charge is 2.24. The molecule has 1 amide bonds. The number of ether oxygens (including phenoxy) is 2. The molecule has 0 aliphatic heterocycles. The summed E-state index contributed by atoms with van der Waals surface area (Å²) in [6.45, 7) is 5.55. The van der Waals surface area contributed by atoms with Gasteiger partial charge in [0.25, 0.3) is 0 Å². The molecule has 0 aliphatic rings. The van der Waals surface area contributed by atoms with Crippen LogP contribution in [0.1, 0.15) is 26.7 Å². The molecule has 0 radical (unpaired) electrons.